The van der Waals surface area contributed by atoms with Gasteiger partial charge in [0.25, 0.3) is 15.9 Å². The molecule has 6 rings (SSSR count). The Hall–Kier alpha value is -4.99. The zero-order chi connectivity index (χ0) is 30.8. The minimum Gasteiger partial charge on any atom is -0.351 e. The van der Waals surface area contributed by atoms with E-state index in [1.54, 1.807) is 43.4 Å². The number of nitrogens with one attached hydrogen (secondary N) is 2. The summed E-state index contributed by atoms with van der Waals surface area (Å²) >= 11 is 0. The van der Waals surface area contributed by atoms with Gasteiger partial charge in [-0.2, -0.15) is 0 Å². The highest BCUT2D eigenvalue weighted by Crippen LogP contribution is 2.41. The smallest absolute Gasteiger partial charge is 0.264 e. The van der Waals surface area contributed by atoms with Gasteiger partial charge in [-0.25, -0.2) is 13.4 Å². The van der Waals surface area contributed by atoms with Crippen molar-refractivity contribution in [2.45, 2.75) is 4.90 Å². The zero-order valence-electron chi connectivity index (χ0n) is 24.8. The second-order valence-corrected chi connectivity index (χ2v) is 12.9. The second-order valence-electron chi connectivity index (χ2n) is 10.9. The van der Waals surface area contributed by atoms with Crippen molar-refractivity contribution in [1.29, 1.82) is 0 Å². The van der Waals surface area contributed by atoms with E-state index >= 15 is 0 Å². The minimum atomic E-state index is -3.76. The van der Waals surface area contributed by atoms with Crippen LogP contribution in [0.15, 0.2) is 114 Å². The number of carbonyl (C=O) groups excluding carboxylic acids is 1. The first-order valence-electron chi connectivity index (χ1n) is 14.3. The van der Waals surface area contributed by atoms with Crippen molar-refractivity contribution in [3.05, 3.63) is 115 Å². The van der Waals surface area contributed by atoms with Crippen LogP contribution in [-0.4, -0.2) is 63.4 Å². The molecule has 1 amide bonds. The van der Waals surface area contributed by atoms with Gasteiger partial charge in [-0.15, -0.1) is 0 Å². The lowest BCUT2D eigenvalue weighted by atomic mass is 9.92. The van der Waals surface area contributed by atoms with Crippen molar-refractivity contribution in [3.8, 4) is 22.3 Å². The third-order valence-corrected chi connectivity index (χ3v) is 9.53. The largest absolute Gasteiger partial charge is 0.351 e. The topological polar surface area (TPSA) is 98.4 Å². The summed E-state index contributed by atoms with van der Waals surface area (Å²) in [7, 11) is 1.74. The Morgan fingerprint density at radius 3 is 2.20 bits per heavy atom. The molecule has 2 aromatic heterocycles. The number of amides is 1. The molecule has 2 N–H and O–H groups in total. The van der Waals surface area contributed by atoms with Gasteiger partial charge in [0.2, 0.25) is 0 Å². The first kappa shape index (κ1) is 29.1. The number of anilines is 1. The summed E-state index contributed by atoms with van der Waals surface area (Å²) in [5, 5.41) is 4.71. The van der Waals surface area contributed by atoms with E-state index in [4.69, 9.17) is 4.98 Å². The molecular formula is C35H33N5O3S. The standard InChI is InChI=1S/C35H33N5O3S/c1-39(2)21-20-36-35(41)26-16-14-24(15-17-26)30-23-37-34-33(32(30)25-10-6-4-7-11-25)29-22-27(18-19-31(29)38-34)40(3)44(42,43)28-12-8-5-9-13-28/h4-19,22-23H,20-21H2,1-3H3,(H,36,41)(H,37,38). The predicted octanol–water partition coefficient (Wildman–Crippen LogP) is 6.17. The summed E-state index contributed by atoms with van der Waals surface area (Å²) < 4.78 is 28.2. The van der Waals surface area contributed by atoms with E-state index in [-0.39, 0.29) is 10.8 Å². The molecule has 4 aromatic carbocycles. The highest BCUT2D eigenvalue weighted by Gasteiger charge is 2.23. The number of sulfonamides is 1. The van der Waals surface area contributed by atoms with E-state index in [1.165, 1.54) is 4.31 Å². The van der Waals surface area contributed by atoms with Crippen LogP contribution in [0.1, 0.15) is 10.4 Å². The van der Waals surface area contributed by atoms with Gasteiger partial charge in [0.05, 0.1) is 10.6 Å². The van der Waals surface area contributed by atoms with Crippen LogP contribution in [0.25, 0.3) is 44.2 Å². The number of aromatic nitrogens is 2. The van der Waals surface area contributed by atoms with Gasteiger partial charge < -0.3 is 15.2 Å². The lowest BCUT2D eigenvalue weighted by Crippen LogP contribution is -2.31. The van der Waals surface area contributed by atoms with Crippen molar-refractivity contribution in [1.82, 2.24) is 20.2 Å². The van der Waals surface area contributed by atoms with E-state index < -0.39 is 10.0 Å². The molecule has 6 aromatic rings. The predicted molar refractivity (Wildman–Crippen MR) is 177 cm³/mol. The molecule has 0 aliphatic carbocycles. The average Bonchev–Trinajstić information content (AvgIpc) is 3.42. The maximum Gasteiger partial charge on any atom is 0.264 e. The molecule has 0 fully saturated rings. The molecule has 2 heterocycles. The van der Waals surface area contributed by atoms with Crippen molar-refractivity contribution in [2.75, 3.05) is 38.5 Å². The van der Waals surface area contributed by atoms with Crippen molar-refractivity contribution in [3.63, 3.8) is 0 Å². The van der Waals surface area contributed by atoms with Crippen LogP contribution in [0.3, 0.4) is 0 Å². The van der Waals surface area contributed by atoms with Gasteiger partial charge in [-0.1, -0.05) is 60.7 Å². The SMILES string of the molecule is CN(C)CCNC(=O)c1ccc(-c2cnc3[nH]c4ccc(N(C)S(=O)(=O)c5ccccc5)cc4c3c2-c2ccccc2)cc1. The molecular weight excluding hydrogens is 570 g/mol. The maximum atomic E-state index is 13.4. The summed E-state index contributed by atoms with van der Waals surface area (Å²) in [6.07, 6.45) is 1.85. The van der Waals surface area contributed by atoms with Crippen molar-refractivity contribution < 1.29 is 13.2 Å². The summed E-state index contributed by atoms with van der Waals surface area (Å²) in [4.78, 5) is 23.2. The van der Waals surface area contributed by atoms with E-state index in [9.17, 15) is 13.2 Å². The maximum absolute atomic E-state index is 13.4. The van der Waals surface area contributed by atoms with Crippen LogP contribution in [-0.2, 0) is 10.0 Å². The second kappa shape index (κ2) is 11.9. The Bertz CT molecular complexity index is 2060. The van der Waals surface area contributed by atoms with Crippen molar-refractivity contribution >= 4 is 43.6 Å². The van der Waals surface area contributed by atoms with Gasteiger partial charge in [0, 0.05) is 59.3 Å². The van der Waals surface area contributed by atoms with Gasteiger partial charge in [0.1, 0.15) is 5.65 Å². The number of aromatic amines is 1. The fourth-order valence-corrected chi connectivity index (χ4v) is 6.56. The lowest BCUT2D eigenvalue weighted by molar-refractivity contribution is 0.0951. The number of benzene rings is 4. The van der Waals surface area contributed by atoms with E-state index in [0.717, 1.165) is 45.1 Å². The number of nitrogens with zero attached hydrogens (tertiary/aromatic N) is 3. The monoisotopic (exact) mass is 603 g/mol. The van der Waals surface area contributed by atoms with Crippen LogP contribution < -0.4 is 9.62 Å². The Balaban J connectivity index is 1.47. The Labute approximate surface area is 257 Å². The molecule has 0 spiro atoms. The minimum absolute atomic E-state index is 0.117. The highest BCUT2D eigenvalue weighted by molar-refractivity contribution is 7.92. The first-order chi connectivity index (χ1) is 21.2. The van der Waals surface area contributed by atoms with Gasteiger partial charge >= 0.3 is 0 Å². The Morgan fingerprint density at radius 1 is 0.841 bits per heavy atom. The molecule has 0 aliphatic heterocycles. The summed E-state index contributed by atoms with van der Waals surface area (Å²) in [6, 6.07) is 31.6. The molecule has 8 nitrogen and oxygen atoms in total. The zero-order valence-corrected chi connectivity index (χ0v) is 25.6. The fourth-order valence-electron chi connectivity index (χ4n) is 5.35. The highest BCUT2D eigenvalue weighted by atomic mass is 32.2. The molecule has 0 saturated heterocycles. The number of likely N-dealkylation sites (N-methyl/N-ethyl adjacent to an activating group) is 1. The van der Waals surface area contributed by atoms with Gasteiger partial charge in [0.15, 0.2) is 0 Å². The quantitative estimate of drug-likeness (QED) is 0.206. The summed E-state index contributed by atoms with van der Waals surface area (Å²) in [5.41, 5.74) is 6.45. The Kier molecular flexibility index (Phi) is 7.90. The van der Waals surface area contributed by atoms with Gasteiger partial charge in [-0.3, -0.25) is 9.10 Å². The van der Waals surface area contributed by atoms with Crippen LogP contribution in [0.4, 0.5) is 5.69 Å². The van der Waals surface area contributed by atoms with E-state index in [0.29, 0.717) is 23.4 Å². The van der Waals surface area contributed by atoms with Crippen molar-refractivity contribution in [2.24, 2.45) is 0 Å². The number of rotatable bonds is 9. The van der Waals surface area contributed by atoms with Crippen LogP contribution in [0.5, 0.6) is 0 Å². The number of hydrogen-bond donors (Lipinski definition) is 2. The summed E-state index contributed by atoms with van der Waals surface area (Å²) in [5.74, 6) is -0.117. The van der Waals surface area contributed by atoms with E-state index in [2.05, 4.69) is 22.4 Å². The number of H-pyrrole nitrogens is 1. The molecule has 0 bridgehead atoms. The Morgan fingerprint density at radius 2 is 1.52 bits per heavy atom. The summed E-state index contributed by atoms with van der Waals surface area (Å²) in [6.45, 7) is 1.33. The third-order valence-electron chi connectivity index (χ3n) is 7.73. The first-order valence-corrected chi connectivity index (χ1v) is 15.8. The van der Waals surface area contributed by atoms with Gasteiger partial charge in [-0.05, 0) is 67.7 Å². The normalized spacial score (nSPS) is 11.7. The molecule has 0 unspecified atom stereocenters. The molecule has 44 heavy (non-hydrogen) atoms. The lowest BCUT2D eigenvalue weighted by Gasteiger charge is -2.20. The molecule has 0 aliphatic rings. The number of fused-ring (bicyclic) bond motifs is 3. The number of carbonyl (C=O) groups is 1. The number of pyridine rings is 1. The molecule has 0 atom stereocenters. The average molecular weight is 604 g/mol. The van der Waals surface area contributed by atoms with Crippen LogP contribution in [0.2, 0.25) is 0 Å². The molecule has 0 saturated carbocycles. The molecule has 222 valence electrons. The molecule has 9 heteroatoms. The third kappa shape index (κ3) is 5.55. The van der Waals surface area contributed by atoms with Crippen LogP contribution >= 0.6 is 0 Å². The number of hydrogen-bond acceptors (Lipinski definition) is 5. The molecule has 0 radical (unpaired) electrons. The van der Waals surface area contributed by atoms with E-state index in [1.807, 2.05) is 79.8 Å². The van der Waals surface area contributed by atoms with Crippen LogP contribution in [0, 0.1) is 0 Å². The fraction of sp³-hybridized carbons (Fsp3) is 0.143.